The third-order valence-electron chi connectivity index (χ3n) is 3.12. The highest BCUT2D eigenvalue weighted by Gasteiger charge is 2.26. The van der Waals surface area contributed by atoms with Crippen LogP contribution >= 0.6 is 0 Å². The lowest BCUT2D eigenvalue weighted by Gasteiger charge is -2.23. The molecule has 1 aliphatic rings. The molecule has 0 radical (unpaired) electrons. The molecule has 94 valence electrons. The highest BCUT2D eigenvalue weighted by Crippen LogP contribution is 2.25. The Morgan fingerprint density at radius 2 is 2.12 bits per heavy atom. The molecule has 1 fully saturated rings. The van der Waals surface area contributed by atoms with Gasteiger partial charge in [0.25, 0.3) is 0 Å². The molecule has 0 saturated carbocycles. The van der Waals surface area contributed by atoms with Crippen LogP contribution in [0.15, 0.2) is 18.2 Å². The molecule has 0 amide bonds. The summed E-state index contributed by atoms with van der Waals surface area (Å²) in [5, 5.41) is 3.33. The van der Waals surface area contributed by atoms with Crippen LogP contribution < -0.4 is 5.32 Å². The van der Waals surface area contributed by atoms with Gasteiger partial charge in [-0.15, -0.1) is 0 Å². The quantitative estimate of drug-likeness (QED) is 0.816. The maximum Gasteiger partial charge on any atom is 0.131 e. The zero-order valence-corrected chi connectivity index (χ0v) is 10.1. The molecule has 1 aliphatic heterocycles. The summed E-state index contributed by atoms with van der Waals surface area (Å²) in [5.74, 6) is -1.11. The second-order valence-corrected chi connectivity index (χ2v) is 5.04. The van der Waals surface area contributed by atoms with Crippen molar-refractivity contribution >= 4 is 0 Å². The number of benzene rings is 1. The van der Waals surface area contributed by atoms with Gasteiger partial charge in [-0.3, -0.25) is 0 Å². The smallest absolute Gasteiger partial charge is 0.131 e. The van der Waals surface area contributed by atoms with Gasteiger partial charge in [-0.05, 0) is 26.3 Å². The van der Waals surface area contributed by atoms with Crippen LogP contribution in [0.2, 0.25) is 0 Å². The summed E-state index contributed by atoms with van der Waals surface area (Å²) in [5.41, 5.74) is 0.405. The fraction of sp³-hybridized carbons (Fsp3) is 0.538. The van der Waals surface area contributed by atoms with Crippen LogP contribution in [0.25, 0.3) is 0 Å². The molecular formula is C13H17F2NO. The Bertz CT molecular complexity index is 406. The van der Waals surface area contributed by atoms with E-state index >= 15 is 0 Å². The predicted octanol–water partition coefficient (Wildman–Crippen LogP) is 2.79. The Morgan fingerprint density at radius 1 is 1.35 bits per heavy atom. The fourth-order valence-electron chi connectivity index (χ4n) is 1.94. The Balaban J connectivity index is 2.17. The van der Waals surface area contributed by atoms with Crippen molar-refractivity contribution in [3.63, 3.8) is 0 Å². The Morgan fingerprint density at radius 3 is 2.82 bits per heavy atom. The monoisotopic (exact) mass is 241 g/mol. The summed E-state index contributed by atoms with van der Waals surface area (Å²) in [6, 6.07) is 3.61. The number of hydrogen-bond donors (Lipinski definition) is 1. The van der Waals surface area contributed by atoms with Gasteiger partial charge in [0.1, 0.15) is 11.6 Å². The minimum Gasteiger partial charge on any atom is -0.372 e. The first-order valence-electron chi connectivity index (χ1n) is 5.79. The number of rotatable bonds is 1. The highest BCUT2D eigenvalue weighted by molar-refractivity contribution is 5.21. The van der Waals surface area contributed by atoms with Crippen LogP contribution in [0.1, 0.15) is 31.9 Å². The van der Waals surface area contributed by atoms with E-state index in [9.17, 15) is 8.78 Å². The predicted molar refractivity (Wildman–Crippen MR) is 61.7 cm³/mol. The number of nitrogens with one attached hydrogen (secondary N) is 1. The lowest BCUT2D eigenvalue weighted by atomic mass is 10.0. The molecule has 2 nitrogen and oxygen atoms in total. The largest absolute Gasteiger partial charge is 0.372 e. The van der Waals surface area contributed by atoms with E-state index in [1.165, 1.54) is 12.1 Å². The van der Waals surface area contributed by atoms with Crippen LogP contribution in [0, 0.1) is 11.6 Å². The van der Waals surface area contributed by atoms with Gasteiger partial charge in [0.05, 0.1) is 6.10 Å². The first-order valence-corrected chi connectivity index (χ1v) is 5.79. The minimum absolute atomic E-state index is 0.00867. The fourth-order valence-corrected chi connectivity index (χ4v) is 1.94. The van der Waals surface area contributed by atoms with Crippen LogP contribution in [0.4, 0.5) is 8.78 Å². The van der Waals surface area contributed by atoms with E-state index in [2.05, 4.69) is 19.2 Å². The van der Waals surface area contributed by atoms with Gasteiger partial charge in [-0.1, -0.05) is 6.07 Å². The van der Waals surface area contributed by atoms with Crippen molar-refractivity contribution in [2.45, 2.75) is 31.9 Å². The first-order chi connectivity index (χ1) is 7.98. The van der Waals surface area contributed by atoms with Crippen molar-refractivity contribution < 1.29 is 13.5 Å². The molecule has 1 N–H and O–H groups in total. The number of hydrogen-bond acceptors (Lipinski definition) is 2. The van der Waals surface area contributed by atoms with E-state index in [-0.39, 0.29) is 11.6 Å². The lowest BCUT2D eigenvalue weighted by molar-refractivity contribution is 0.0631. The van der Waals surface area contributed by atoms with Gasteiger partial charge in [-0.2, -0.15) is 0 Å². The standard InChI is InChI=1S/C13H17F2NO/c1-13(2)5-6-17-12(8-16-13)10-4-3-9(14)7-11(10)15/h3-4,7,12,16H,5-6,8H2,1-2H3. The Kier molecular flexibility index (Phi) is 3.45. The van der Waals surface area contributed by atoms with Gasteiger partial charge < -0.3 is 10.1 Å². The Labute approximate surface area is 100.0 Å². The van der Waals surface area contributed by atoms with Crippen LogP contribution in [0.5, 0.6) is 0 Å². The van der Waals surface area contributed by atoms with Crippen molar-refractivity contribution in [2.24, 2.45) is 0 Å². The molecule has 2 rings (SSSR count). The van der Waals surface area contributed by atoms with E-state index in [4.69, 9.17) is 4.74 Å². The molecule has 0 spiro atoms. The van der Waals surface area contributed by atoms with Crippen LogP contribution in [-0.4, -0.2) is 18.7 Å². The molecule has 0 bridgehead atoms. The van der Waals surface area contributed by atoms with E-state index < -0.39 is 11.6 Å². The molecule has 1 aromatic carbocycles. The maximum atomic E-state index is 13.6. The van der Waals surface area contributed by atoms with E-state index in [0.29, 0.717) is 18.7 Å². The van der Waals surface area contributed by atoms with Gasteiger partial charge >= 0.3 is 0 Å². The third-order valence-corrected chi connectivity index (χ3v) is 3.12. The first kappa shape index (κ1) is 12.5. The van der Waals surface area contributed by atoms with Crippen molar-refractivity contribution in [3.8, 4) is 0 Å². The second kappa shape index (κ2) is 4.70. The summed E-state index contributed by atoms with van der Waals surface area (Å²) in [6.07, 6.45) is 0.518. The molecule has 1 heterocycles. The third kappa shape index (κ3) is 3.01. The van der Waals surface area contributed by atoms with Crippen molar-refractivity contribution in [3.05, 3.63) is 35.4 Å². The van der Waals surface area contributed by atoms with E-state index in [0.717, 1.165) is 12.5 Å². The van der Waals surface area contributed by atoms with Crippen molar-refractivity contribution in [2.75, 3.05) is 13.2 Å². The van der Waals surface area contributed by atoms with Gasteiger partial charge in [-0.25, -0.2) is 8.78 Å². The molecule has 1 unspecified atom stereocenters. The minimum atomic E-state index is -0.562. The molecule has 0 aromatic heterocycles. The summed E-state index contributed by atoms with van der Waals surface area (Å²) < 4.78 is 32.1. The second-order valence-electron chi connectivity index (χ2n) is 5.04. The molecule has 1 saturated heterocycles. The van der Waals surface area contributed by atoms with Crippen molar-refractivity contribution in [1.82, 2.24) is 5.32 Å². The molecule has 4 heteroatoms. The van der Waals surface area contributed by atoms with Crippen molar-refractivity contribution in [1.29, 1.82) is 0 Å². The lowest BCUT2D eigenvalue weighted by Crippen LogP contribution is -2.39. The van der Waals surface area contributed by atoms with Gasteiger partial charge in [0, 0.05) is 30.3 Å². The molecule has 1 aromatic rings. The average molecular weight is 241 g/mol. The normalized spacial score (nSPS) is 24.4. The summed E-state index contributed by atoms with van der Waals surface area (Å²) >= 11 is 0. The SMILES string of the molecule is CC1(C)CCOC(c2ccc(F)cc2F)CN1. The molecule has 0 aliphatic carbocycles. The highest BCUT2D eigenvalue weighted by atomic mass is 19.1. The molecular weight excluding hydrogens is 224 g/mol. The number of ether oxygens (including phenoxy) is 1. The topological polar surface area (TPSA) is 21.3 Å². The van der Waals surface area contributed by atoms with E-state index in [1.807, 2.05) is 0 Å². The summed E-state index contributed by atoms with van der Waals surface area (Å²) in [4.78, 5) is 0. The summed E-state index contributed by atoms with van der Waals surface area (Å²) in [6.45, 7) is 5.27. The van der Waals surface area contributed by atoms with Gasteiger partial charge in [0.15, 0.2) is 0 Å². The zero-order chi connectivity index (χ0) is 12.5. The summed E-state index contributed by atoms with van der Waals surface area (Å²) in [7, 11) is 0. The maximum absolute atomic E-state index is 13.6. The number of halogens is 2. The van der Waals surface area contributed by atoms with Gasteiger partial charge in [0.2, 0.25) is 0 Å². The Hall–Kier alpha value is -1.00. The van der Waals surface area contributed by atoms with Crippen LogP contribution in [0.3, 0.4) is 0 Å². The molecule has 17 heavy (non-hydrogen) atoms. The molecule has 1 atom stereocenters. The van der Waals surface area contributed by atoms with Crippen LogP contribution in [-0.2, 0) is 4.74 Å². The van der Waals surface area contributed by atoms with E-state index in [1.54, 1.807) is 0 Å². The average Bonchev–Trinajstić information content (AvgIpc) is 2.40. The zero-order valence-electron chi connectivity index (χ0n) is 10.1.